The molecule has 0 amide bonds. The minimum absolute atomic E-state index is 0.158. The van der Waals surface area contributed by atoms with Crippen LogP contribution >= 0.6 is 11.3 Å². The molecule has 0 aliphatic rings. The maximum absolute atomic E-state index is 12.1. The second-order valence-electron chi connectivity index (χ2n) is 3.70. The maximum atomic E-state index is 12.1. The number of thiophene rings is 1. The van der Waals surface area contributed by atoms with Gasteiger partial charge in [-0.15, -0.1) is 11.3 Å². The van der Waals surface area contributed by atoms with Gasteiger partial charge in [-0.3, -0.25) is 9.71 Å². The smallest absolute Gasteiger partial charge is 0.262 e. The Hall–Kier alpha value is -1.44. The first-order chi connectivity index (χ1) is 8.53. The number of rotatable bonds is 4. The third kappa shape index (κ3) is 2.69. The summed E-state index contributed by atoms with van der Waals surface area (Å²) in [5.41, 5.74) is 1.25. The van der Waals surface area contributed by atoms with Gasteiger partial charge in [0.15, 0.2) is 0 Å². The first-order valence-electron chi connectivity index (χ1n) is 5.14. The van der Waals surface area contributed by atoms with Crippen LogP contribution in [0, 0.1) is 6.92 Å². The average Bonchev–Trinajstić information content (AvgIpc) is 2.81. The lowest BCUT2D eigenvalue weighted by Crippen LogP contribution is -2.13. The van der Waals surface area contributed by atoms with Crippen LogP contribution in [0.15, 0.2) is 34.8 Å². The fourth-order valence-electron chi connectivity index (χ4n) is 1.38. The molecule has 0 spiro atoms. The Balaban J connectivity index is 2.30. The van der Waals surface area contributed by atoms with E-state index in [1.165, 1.54) is 29.0 Å². The third-order valence-corrected chi connectivity index (χ3v) is 4.78. The summed E-state index contributed by atoms with van der Waals surface area (Å²) in [7, 11) is -3.60. The molecule has 2 rings (SSSR count). The van der Waals surface area contributed by atoms with Crippen LogP contribution in [0.25, 0.3) is 0 Å². The molecular weight excluding hydrogens is 272 g/mol. The molecule has 2 aromatic rings. The molecule has 0 atom stereocenters. The van der Waals surface area contributed by atoms with Crippen LogP contribution in [0.3, 0.4) is 0 Å². The molecule has 0 fully saturated rings. The molecule has 0 radical (unpaired) electrons. The topological polar surface area (TPSA) is 79.3 Å². The fourth-order valence-corrected chi connectivity index (χ4v) is 3.64. The number of aryl methyl sites for hydroxylation is 1. The zero-order chi connectivity index (χ0) is 13.2. The van der Waals surface area contributed by atoms with Crippen molar-refractivity contribution in [2.24, 2.45) is 0 Å². The first kappa shape index (κ1) is 13.0. The molecule has 0 saturated heterocycles. The van der Waals surface area contributed by atoms with Gasteiger partial charge in [0.1, 0.15) is 0 Å². The van der Waals surface area contributed by atoms with E-state index in [4.69, 9.17) is 5.11 Å². The number of aromatic nitrogens is 1. The van der Waals surface area contributed by atoms with Gasteiger partial charge in [0.25, 0.3) is 10.0 Å². The molecular formula is C11H12N2O3S2. The van der Waals surface area contributed by atoms with Crippen molar-refractivity contribution < 1.29 is 13.5 Å². The molecule has 0 saturated carbocycles. The standard InChI is InChI=1S/C11H12N2O3S2/c1-8-5-12-3-2-11(8)13-18(15,16)10-4-9(6-14)17-7-10/h2-5,7,14H,6H2,1H3,(H,12,13). The van der Waals surface area contributed by atoms with Crippen molar-refractivity contribution in [3.05, 3.63) is 40.3 Å². The van der Waals surface area contributed by atoms with Crippen LogP contribution in [0.2, 0.25) is 0 Å². The molecule has 0 unspecified atom stereocenters. The van der Waals surface area contributed by atoms with Crippen molar-refractivity contribution in [1.82, 2.24) is 4.98 Å². The molecule has 0 aromatic carbocycles. The summed E-state index contributed by atoms with van der Waals surface area (Å²) in [6.07, 6.45) is 3.11. The highest BCUT2D eigenvalue weighted by Crippen LogP contribution is 2.23. The van der Waals surface area contributed by atoms with E-state index in [0.717, 1.165) is 5.56 Å². The largest absolute Gasteiger partial charge is 0.391 e. The van der Waals surface area contributed by atoms with Crippen molar-refractivity contribution in [2.45, 2.75) is 18.4 Å². The number of hydrogen-bond donors (Lipinski definition) is 2. The van der Waals surface area contributed by atoms with Crippen LogP contribution in [-0.4, -0.2) is 18.5 Å². The monoisotopic (exact) mass is 284 g/mol. The Morgan fingerprint density at radius 2 is 2.28 bits per heavy atom. The number of aliphatic hydroxyl groups is 1. The highest BCUT2D eigenvalue weighted by Gasteiger charge is 2.17. The fraction of sp³-hybridized carbons (Fsp3) is 0.182. The number of hydrogen-bond acceptors (Lipinski definition) is 5. The Morgan fingerprint density at radius 1 is 1.50 bits per heavy atom. The number of anilines is 1. The van der Waals surface area contributed by atoms with Crippen LogP contribution in [0.1, 0.15) is 10.4 Å². The second kappa shape index (κ2) is 5.05. The van der Waals surface area contributed by atoms with Gasteiger partial charge in [-0.25, -0.2) is 8.42 Å². The molecule has 5 nitrogen and oxygen atoms in total. The van der Waals surface area contributed by atoms with Crippen molar-refractivity contribution in [2.75, 3.05) is 4.72 Å². The minimum Gasteiger partial charge on any atom is -0.391 e. The lowest BCUT2D eigenvalue weighted by Gasteiger charge is -2.08. The van der Waals surface area contributed by atoms with Gasteiger partial charge in [-0.2, -0.15) is 0 Å². The summed E-state index contributed by atoms with van der Waals surface area (Å²) in [4.78, 5) is 4.67. The van der Waals surface area contributed by atoms with E-state index < -0.39 is 10.0 Å². The van der Waals surface area contributed by atoms with Crippen LogP contribution in [0.5, 0.6) is 0 Å². The van der Waals surface area contributed by atoms with Crippen LogP contribution in [0.4, 0.5) is 5.69 Å². The van der Waals surface area contributed by atoms with Gasteiger partial charge in [0, 0.05) is 22.7 Å². The number of pyridine rings is 1. The lowest BCUT2D eigenvalue weighted by molar-refractivity contribution is 0.285. The van der Waals surface area contributed by atoms with Gasteiger partial charge >= 0.3 is 0 Å². The highest BCUT2D eigenvalue weighted by molar-refractivity contribution is 7.92. The molecule has 18 heavy (non-hydrogen) atoms. The summed E-state index contributed by atoms with van der Waals surface area (Å²) >= 11 is 1.21. The maximum Gasteiger partial charge on any atom is 0.262 e. The molecule has 2 aromatic heterocycles. The van der Waals surface area contributed by atoms with Gasteiger partial charge in [0.05, 0.1) is 17.2 Å². The molecule has 96 valence electrons. The predicted molar refractivity (Wildman–Crippen MR) is 70.0 cm³/mol. The van der Waals surface area contributed by atoms with Gasteiger partial charge in [-0.05, 0) is 24.6 Å². The molecule has 7 heteroatoms. The van der Waals surface area contributed by atoms with Crippen molar-refractivity contribution in [1.29, 1.82) is 0 Å². The Kier molecular flexibility index (Phi) is 3.65. The van der Waals surface area contributed by atoms with Crippen LogP contribution in [-0.2, 0) is 16.6 Å². The average molecular weight is 284 g/mol. The van der Waals surface area contributed by atoms with E-state index in [1.54, 1.807) is 19.2 Å². The minimum atomic E-state index is -3.60. The number of aliphatic hydroxyl groups excluding tert-OH is 1. The highest BCUT2D eigenvalue weighted by atomic mass is 32.2. The van der Waals surface area contributed by atoms with Crippen molar-refractivity contribution in [3.63, 3.8) is 0 Å². The summed E-state index contributed by atoms with van der Waals surface area (Å²) in [6, 6.07) is 3.07. The number of nitrogens with one attached hydrogen (secondary N) is 1. The van der Waals surface area contributed by atoms with Gasteiger partial charge in [0.2, 0.25) is 0 Å². The summed E-state index contributed by atoms with van der Waals surface area (Å²) in [5.74, 6) is 0. The van der Waals surface area contributed by atoms with Crippen molar-refractivity contribution in [3.8, 4) is 0 Å². The lowest BCUT2D eigenvalue weighted by atomic mass is 10.3. The zero-order valence-electron chi connectivity index (χ0n) is 9.62. The van der Waals surface area contributed by atoms with E-state index >= 15 is 0 Å². The summed E-state index contributed by atoms with van der Waals surface area (Å²) in [6.45, 7) is 1.62. The Labute approximate surface area is 109 Å². The van der Waals surface area contributed by atoms with Gasteiger partial charge < -0.3 is 5.11 Å². The molecule has 2 N–H and O–H groups in total. The summed E-state index contributed by atoms with van der Waals surface area (Å²) < 4.78 is 26.7. The first-order valence-corrected chi connectivity index (χ1v) is 7.51. The second-order valence-corrected chi connectivity index (χ2v) is 6.38. The molecule has 2 heterocycles. The normalized spacial score (nSPS) is 11.4. The van der Waals surface area contributed by atoms with E-state index in [-0.39, 0.29) is 11.5 Å². The van der Waals surface area contributed by atoms with E-state index in [9.17, 15) is 8.42 Å². The van der Waals surface area contributed by atoms with E-state index in [1.807, 2.05) is 0 Å². The van der Waals surface area contributed by atoms with Crippen molar-refractivity contribution >= 4 is 27.0 Å². The molecule has 0 aliphatic carbocycles. The Morgan fingerprint density at radius 3 is 2.89 bits per heavy atom. The molecule has 0 bridgehead atoms. The number of sulfonamides is 1. The quantitative estimate of drug-likeness (QED) is 0.896. The van der Waals surface area contributed by atoms with E-state index in [2.05, 4.69) is 9.71 Å². The Bertz CT molecular complexity index is 650. The zero-order valence-corrected chi connectivity index (χ0v) is 11.3. The SMILES string of the molecule is Cc1cnccc1NS(=O)(=O)c1csc(CO)c1. The van der Waals surface area contributed by atoms with Crippen LogP contribution < -0.4 is 4.72 Å². The van der Waals surface area contributed by atoms with Gasteiger partial charge in [-0.1, -0.05) is 0 Å². The number of nitrogens with zero attached hydrogens (tertiary/aromatic N) is 1. The van der Waals surface area contributed by atoms with E-state index in [0.29, 0.717) is 10.6 Å². The predicted octanol–water partition coefficient (Wildman–Crippen LogP) is 1.74. The summed E-state index contributed by atoms with van der Waals surface area (Å²) in [5, 5.41) is 10.4. The molecule has 0 aliphatic heterocycles. The third-order valence-electron chi connectivity index (χ3n) is 2.36.